The second kappa shape index (κ2) is 13.0. The molecule has 2 heterocycles. The second-order valence-corrected chi connectivity index (χ2v) is 10.3. The normalized spacial score (nSPS) is 11.6. The van der Waals surface area contributed by atoms with Crippen LogP contribution in [-0.2, 0) is 34.3 Å². The number of benzene rings is 1. The van der Waals surface area contributed by atoms with E-state index in [-0.39, 0.29) is 5.56 Å². The maximum atomic E-state index is 11.8. The minimum absolute atomic E-state index is 0.236. The molecule has 0 saturated heterocycles. The summed E-state index contributed by atoms with van der Waals surface area (Å²) in [7, 11) is -3.67. The predicted octanol–water partition coefficient (Wildman–Crippen LogP) is 4.25. The first-order valence-corrected chi connectivity index (χ1v) is 13.5. The number of aromatic nitrogens is 2. The van der Waals surface area contributed by atoms with Gasteiger partial charge in [0.2, 0.25) is 0 Å². The molecule has 0 spiro atoms. The first-order chi connectivity index (χ1) is 16.5. The number of hydrogen-bond acceptors (Lipinski definition) is 6. The molecule has 11 heteroatoms. The summed E-state index contributed by atoms with van der Waals surface area (Å²) in [5, 5.41) is 20.7. The van der Waals surface area contributed by atoms with Gasteiger partial charge in [-0.05, 0) is 41.6 Å². The molecule has 3 N–H and O–H groups in total. The molecule has 0 radical (unpaired) electrons. The van der Waals surface area contributed by atoms with Gasteiger partial charge in [0.15, 0.2) is 0 Å². The van der Waals surface area contributed by atoms with Crippen molar-refractivity contribution in [2.45, 2.75) is 39.2 Å². The lowest BCUT2D eigenvalue weighted by Gasteiger charge is -2.12. The zero-order chi connectivity index (χ0) is 26.0. The SMILES string of the molecule is CCCCc1ncc(C=C(Cc2cccs2)C(=O)O)n1Cc1ccc(C(=O)O)cc1.CS(=O)(=O)O. The molecule has 0 atom stereocenters. The van der Waals surface area contributed by atoms with Crippen molar-refractivity contribution in [3.05, 3.63) is 81.1 Å². The van der Waals surface area contributed by atoms with Crippen molar-refractivity contribution in [3.63, 3.8) is 0 Å². The van der Waals surface area contributed by atoms with Crippen LogP contribution in [0.1, 0.15) is 52.1 Å². The first-order valence-electron chi connectivity index (χ1n) is 10.7. The van der Waals surface area contributed by atoms with Crippen LogP contribution in [0.15, 0.2) is 53.5 Å². The van der Waals surface area contributed by atoms with Crippen molar-refractivity contribution in [1.29, 1.82) is 0 Å². The highest BCUT2D eigenvalue weighted by Gasteiger charge is 2.14. The average molecular weight is 521 g/mol. The lowest BCUT2D eigenvalue weighted by atomic mass is 10.1. The van der Waals surface area contributed by atoms with E-state index < -0.39 is 22.1 Å². The smallest absolute Gasteiger partial charge is 0.335 e. The predicted molar refractivity (Wildman–Crippen MR) is 134 cm³/mol. The number of unbranched alkanes of at least 4 members (excludes halogenated alkanes) is 1. The van der Waals surface area contributed by atoms with Gasteiger partial charge in [-0.25, -0.2) is 14.6 Å². The third kappa shape index (κ3) is 9.85. The Morgan fingerprint density at radius 3 is 2.31 bits per heavy atom. The van der Waals surface area contributed by atoms with Crippen LogP contribution in [0.5, 0.6) is 0 Å². The Hall–Kier alpha value is -3.28. The summed E-state index contributed by atoms with van der Waals surface area (Å²) >= 11 is 1.53. The van der Waals surface area contributed by atoms with Crippen LogP contribution in [0.2, 0.25) is 0 Å². The lowest BCUT2D eigenvalue weighted by Crippen LogP contribution is -2.09. The van der Waals surface area contributed by atoms with Crippen molar-refractivity contribution in [3.8, 4) is 0 Å². The summed E-state index contributed by atoms with van der Waals surface area (Å²) in [4.78, 5) is 28.5. The molecule has 3 aromatic rings. The molecule has 2 aromatic heterocycles. The van der Waals surface area contributed by atoms with Gasteiger partial charge < -0.3 is 14.8 Å². The Kier molecular flexibility index (Phi) is 10.4. The van der Waals surface area contributed by atoms with Crippen LogP contribution in [0.4, 0.5) is 0 Å². The van der Waals surface area contributed by atoms with Crippen LogP contribution >= 0.6 is 11.3 Å². The van der Waals surface area contributed by atoms with Crippen molar-refractivity contribution < 1.29 is 32.8 Å². The number of aliphatic carboxylic acids is 1. The Morgan fingerprint density at radius 2 is 1.80 bits per heavy atom. The van der Waals surface area contributed by atoms with E-state index >= 15 is 0 Å². The number of hydrogen-bond donors (Lipinski definition) is 3. The Labute approximate surface area is 208 Å². The lowest BCUT2D eigenvalue weighted by molar-refractivity contribution is -0.132. The molecule has 0 unspecified atom stereocenters. The molecule has 1 aromatic carbocycles. The molecule has 0 aliphatic rings. The van der Waals surface area contributed by atoms with E-state index in [1.165, 1.54) is 11.3 Å². The highest BCUT2D eigenvalue weighted by Crippen LogP contribution is 2.20. The number of carboxylic acid groups (broad SMARTS) is 2. The van der Waals surface area contributed by atoms with Gasteiger partial charge >= 0.3 is 11.9 Å². The molecule has 0 amide bonds. The number of carbonyl (C=O) groups is 2. The molecule has 0 aliphatic heterocycles. The van der Waals surface area contributed by atoms with E-state index in [1.54, 1.807) is 36.5 Å². The Bertz CT molecular complexity index is 1250. The van der Waals surface area contributed by atoms with E-state index in [1.807, 2.05) is 22.1 Å². The number of thiophene rings is 1. The van der Waals surface area contributed by atoms with Gasteiger partial charge in [0.05, 0.1) is 23.7 Å². The van der Waals surface area contributed by atoms with Crippen LogP contribution in [0.3, 0.4) is 0 Å². The minimum atomic E-state index is -3.67. The van der Waals surface area contributed by atoms with Crippen molar-refractivity contribution >= 4 is 39.5 Å². The number of imidazole rings is 1. The van der Waals surface area contributed by atoms with Gasteiger partial charge in [0, 0.05) is 29.8 Å². The van der Waals surface area contributed by atoms with E-state index in [0.29, 0.717) is 24.8 Å². The van der Waals surface area contributed by atoms with Gasteiger partial charge in [0.25, 0.3) is 10.1 Å². The van der Waals surface area contributed by atoms with Gasteiger partial charge in [-0.15, -0.1) is 11.3 Å². The third-order valence-corrected chi connectivity index (χ3v) is 5.68. The highest BCUT2D eigenvalue weighted by molar-refractivity contribution is 7.85. The van der Waals surface area contributed by atoms with Crippen LogP contribution in [0.25, 0.3) is 6.08 Å². The molecule has 9 nitrogen and oxygen atoms in total. The molecule has 0 bridgehead atoms. The zero-order valence-electron chi connectivity index (χ0n) is 19.4. The summed E-state index contributed by atoms with van der Waals surface area (Å²) in [5.74, 6) is -1.01. The van der Waals surface area contributed by atoms with Gasteiger partial charge in [-0.3, -0.25) is 4.55 Å². The molecule has 3 rings (SSSR count). The quantitative estimate of drug-likeness (QED) is 0.266. The zero-order valence-corrected chi connectivity index (χ0v) is 21.1. The van der Waals surface area contributed by atoms with Crippen LogP contribution in [-0.4, -0.2) is 50.9 Å². The summed E-state index contributed by atoms with van der Waals surface area (Å²) < 4.78 is 27.9. The third-order valence-electron chi connectivity index (χ3n) is 4.81. The molecule has 35 heavy (non-hydrogen) atoms. The Balaban J connectivity index is 0.000000784. The van der Waals surface area contributed by atoms with Gasteiger partial charge in [-0.1, -0.05) is 31.5 Å². The summed E-state index contributed by atoms with van der Waals surface area (Å²) in [6, 6.07) is 10.6. The molecule has 0 aliphatic carbocycles. The van der Waals surface area contributed by atoms with E-state index in [9.17, 15) is 23.1 Å². The molecular formula is C24H28N2O7S2. The van der Waals surface area contributed by atoms with Crippen molar-refractivity contribution in [2.24, 2.45) is 0 Å². The molecule has 0 saturated carbocycles. The average Bonchev–Trinajstić information content (AvgIpc) is 3.41. The van der Waals surface area contributed by atoms with Crippen LogP contribution in [0, 0.1) is 0 Å². The second-order valence-electron chi connectivity index (χ2n) is 7.75. The number of carboxylic acids is 2. The summed E-state index contributed by atoms with van der Waals surface area (Å²) in [6.45, 7) is 2.61. The fourth-order valence-electron chi connectivity index (χ4n) is 3.16. The molecule has 188 valence electrons. The largest absolute Gasteiger partial charge is 0.478 e. The maximum absolute atomic E-state index is 11.8. The van der Waals surface area contributed by atoms with E-state index in [0.717, 1.165) is 41.2 Å². The fraction of sp³-hybridized carbons (Fsp3) is 0.292. The number of aromatic carboxylic acids is 1. The number of nitrogens with zero attached hydrogens (tertiary/aromatic N) is 2. The van der Waals surface area contributed by atoms with Gasteiger partial charge in [0.1, 0.15) is 5.82 Å². The maximum Gasteiger partial charge on any atom is 0.335 e. The Morgan fingerprint density at radius 1 is 1.14 bits per heavy atom. The van der Waals surface area contributed by atoms with Gasteiger partial charge in [-0.2, -0.15) is 8.42 Å². The summed E-state index contributed by atoms with van der Waals surface area (Å²) in [6.07, 6.45) is 7.29. The monoisotopic (exact) mass is 520 g/mol. The molecular weight excluding hydrogens is 492 g/mol. The van der Waals surface area contributed by atoms with Crippen molar-refractivity contribution in [1.82, 2.24) is 9.55 Å². The van der Waals surface area contributed by atoms with Crippen LogP contribution < -0.4 is 0 Å². The summed E-state index contributed by atoms with van der Waals surface area (Å²) in [5.41, 5.74) is 2.21. The standard InChI is InChI=1S/C23H24N2O4S.CH4O3S/c1-2-3-6-21-24-14-19(12-18(23(28)29)13-20-5-4-11-30-20)25(21)15-16-7-9-17(10-8-16)22(26)27;1-5(2,3)4/h4-5,7-12,14H,2-3,6,13,15H2,1H3,(H,26,27)(H,28,29);1H3,(H,2,3,4). The topological polar surface area (TPSA) is 147 Å². The fourth-order valence-corrected chi connectivity index (χ4v) is 3.89. The molecule has 0 fully saturated rings. The highest BCUT2D eigenvalue weighted by atomic mass is 32.2. The number of rotatable bonds is 10. The van der Waals surface area contributed by atoms with E-state index in [2.05, 4.69) is 11.9 Å². The minimum Gasteiger partial charge on any atom is -0.478 e. The number of aryl methyl sites for hydroxylation is 1. The van der Waals surface area contributed by atoms with Crippen molar-refractivity contribution in [2.75, 3.05) is 6.26 Å². The van der Waals surface area contributed by atoms with E-state index in [4.69, 9.17) is 9.66 Å². The first kappa shape index (κ1) is 28.0.